The molecule has 1 aliphatic rings. The van der Waals surface area contributed by atoms with Gasteiger partial charge in [-0.25, -0.2) is 0 Å². The monoisotopic (exact) mass is 251 g/mol. The molecule has 3 heteroatoms. The van der Waals surface area contributed by atoms with Gasteiger partial charge in [0, 0.05) is 12.1 Å². The number of hydrogen-bond donors (Lipinski definition) is 1. The van der Waals surface area contributed by atoms with E-state index in [4.69, 9.17) is 9.15 Å². The highest BCUT2D eigenvalue weighted by Gasteiger charge is 2.22. The Hall–Kier alpha value is -0.800. The predicted molar refractivity (Wildman–Crippen MR) is 72.3 cm³/mol. The van der Waals surface area contributed by atoms with Crippen LogP contribution in [0.5, 0.6) is 0 Å². The second-order valence-electron chi connectivity index (χ2n) is 5.26. The van der Waals surface area contributed by atoms with Crippen LogP contribution < -0.4 is 5.32 Å². The third-order valence-corrected chi connectivity index (χ3v) is 3.86. The summed E-state index contributed by atoms with van der Waals surface area (Å²) in [6.07, 6.45) is 7.33. The van der Waals surface area contributed by atoms with Crippen molar-refractivity contribution in [1.82, 2.24) is 5.32 Å². The predicted octanol–water partition coefficient (Wildman–Crippen LogP) is 3.48. The lowest BCUT2D eigenvalue weighted by Crippen LogP contribution is -2.25. The van der Waals surface area contributed by atoms with E-state index in [1.807, 2.05) is 6.07 Å². The number of nitrogens with one attached hydrogen (secondary N) is 1. The van der Waals surface area contributed by atoms with Gasteiger partial charge in [-0.3, -0.25) is 0 Å². The number of rotatable bonds is 6. The summed E-state index contributed by atoms with van der Waals surface area (Å²) in [5.41, 5.74) is 1.22. The van der Waals surface area contributed by atoms with Gasteiger partial charge in [0.2, 0.25) is 0 Å². The molecule has 1 aromatic rings. The summed E-state index contributed by atoms with van der Waals surface area (Å²) in [7, 11) is 0. The molecule has 1 heterocycles. The Morgan fingerprint density at radius 3 is 3.00 bits per heavy atom. The van der Waals surface area contributed by atoms with Crippen molar-refractivity contribution in [2.75, 3.05) is 6.54 Å². The normalized spacial score (nSPS) is 24.3. The van der Waals surface area contributed by atoms with Gasteiger partial charge in [-0.1, -0.05) is 26.7 Å². The van der Waals surface area contributed by atoms with Gasteiger partial charge in [-0.15, -0.1) is 0 Å². The Labute approximate surface area is 110 Å². The Bertz CT molecular complexity index is 348. The van der Waals surface area contributed by atoms with Crippen LogP contribution in [-0.2, 0) is 17.9 Å². The summed E-state index contributed by atoms with van der Waals surface area (Å²) < 4.78 is 11.6. The zero-order chi connectivity index (χ0) is 12.8. The summed E-state index contributed by atoms with van der Waals surface area (Å²) in [6.45, 7) is 6.87. The van der Waals surface area contributed by atoms with Crippen LogP contribution in [0.4, 0.5) is 0 Å². The fraction of sp³-hybridized carbons (Fsp3) is 0.733. The van der Waals surface area contributed by atoms with E-state index in [0.29, 0.717) is 18.6 Å². The van der Waals surface area contributed by atoms with Crippen molar-refractivity contribution >= 4 is 0 Å². The highest BCUT2D eigenvalue weighted by atomic mass is 16.5. The van der Waals surface area contributed by atoms with Gasteiger partial charge in [0.15, 0.2) is 0 Å². The summed E-state index contributed by atoms with van der Waals surface area (Å²) in [5, 5.41) is 3.32. The van der Waals surface area contributed by atoms with Crippen LogP contribution in [0.2, 0.25) is 0 Å². The van der Waals surface area contributed by atoms with E-state index in [1.54, 1.807) is 6.26 Å². The van der Waals surface area contributed by atoms with Crippen molar-refractivity contribution in [2.45, 2.75) is 58.8 Å². The van der Waals surface area contributed by atoms with Gasteiger partial charge >= 0.3 is 0 Å². The summed E-state index contributed by atoms with van der Waals surface area (Å²) >= 11 is 0. The minimum atomic E-state index is 0.413. The van der Waals surface area contributed by atoms with Gasteiger partial charge in [0.25, 0.3) is 0 Å². The molecule has 18 heavy (non-hydrogen) atoms. The minimum Gasteiger partial charge on any atom is -0.467 e. The lowest BCUT2D eigenvalue weighted by atomic mass is 9.88. The SMILES string of the molecule is CCNCc1ccoc1COC1CCCCC1C. The van der Waals surface area contributed by atoms with Crippen LogP contribution in [-0.4, -0.2) is 12.6 Å². The van der Waals surface area contributed by atoms with E-state index < -0.39 is 0 Å². The van der Waals surface area contributed by atoms with Crippen LogP contribution in [0.15, 0.2) is 16.7 Å². The molecule has 0 aromatic carbocycles. The Balaban J connectivity index is 1.83. The van der Waals surface area contributed by atoms with Gasteiger partial charge in [0.1, 0.15) is 12.4 Å². The van der Waals surface area contributed by atoms with Crippen LogP contribution >= 0.6 is 0 Å². The standard InChI is InChI=1S/C15H25NO2/c1-3-16-10-13-8-9-17-15(13)11-18-14-7-5-4-6-12(14)2/h8-9,12,14,16H,3-7,10-11H2,1-2H3. The summed E-state index contributed by atoms with van der Waals surface area (Å²) in [4.78, 5) is 0. The first-order chi connectivity index (χ1) is 8.81. The van der Waals surface area contributed by atoms with E-state index in [1.165, 1.54) is 31.2 Å². The maximum atomic E-state index is 6.04. The molecule has 1 saturated carbocycles. The second-order valence-corrected chi connectivity index (χ2v) is 5.26. The molecule has 2 unspecified atom stereocenters. The average molecular weight is 251 g/mol. The van der Waals surface area contributed by atoms with Crippen LogP contribution in [0, 0.1) is 5.92 Å². The molecular weight excluding hydrogens is 226 g/mol. The largest absolute Gasteiger partial charge is 0.467 e. The highest BCUT2D eigenvalue weighted by Crippen LogP contribution is 2.27. The second kappa shape index (κ2) is 6.95. The van der Waals surface area contributed by atoms with Crippen LogP contribution in [0.25, 0.3) is 0 Å². The van der Waals surface area contributed by atoms with Crippen molar-refractivity contribution in [3.63, 3.8) is 0 Å². The van der Waals surface area contributed by atoms with E-state index in [0.717, 1.165) is 18.8 Å². The molecular formula is C15H25NO2. The van der Waals surface area contributed by atoms with Crippen molar-refractivity contribution in [3.8, 4) is 0 Å². The first-order valence-corrected chi connectivity index (χ1v) is 7.18. The topological polar surface area (TPSA) is 34.4 Å². The van der Waals surface area contributed by atoms with Gasteiger partial charge in [-0.2, -0.15) is 0 Å². The van der Waals surface area contributed by atoms with Crippen molar-refractivity contribution in [1.29, 1.82) is 0 Å². The average Bonchev–Trinajstić information content (AvgIpc) is 2.83. The Kier molecular flexibility index (Phi) is 5.26. The lowest BCUT2D eigenvalue weighted by molar-refractivity contribution is -0.0223. The quantitative estimate of drug-likeness (QED) is 0.840. The smallest absolute Gasteiger partial charge is 0.133 e. The molecule has 0 saturated heterocycles. The molecule has 1 fully saturated rings. The van der Waals surface area contributed by atoms with Crippen molar-refractivity contribution < 1.29 is 9.15 Å². The van der Waals surface area contributed by atoms with E-state index >= 15 is 0 Å². The molecule has 1 aliphatic carbocycles. The van der Waals surface area contributed by atoms with Crippen LogP contribution in [0.1, 0.15) is 50.9 Å². The summed E-state index contributed by atoms with van der Waals surface area (Å²) in [6, 6.07) is 2.03. The van der Waals surface area contributed by atoms with Crippen molar-refractivity contribution in [2.24, 2.45) is 5.92 Å². The third kappa shape index (κ3) is 3.59. The van der Waals surface area contributed by atoms with Gasteiger partial charge in [0.05, 0.1) is 12.4 Å². The fourth-order valence-electron chi connectivity index (χ4n) is 2.62. The number of furan rings is 1. The van der Waals surface area contributed by atoms with E-state index in [2.05, 4.69) is 19.2 Å². The lowest BCUT2D eigenvalue weighted by Gasteiger charge is -2.28. The molecule has 3 nitrogen and oxygen atoms in total. The zero-order valence-corrected chi connectivity index (χ0v) is 11.6. The van der Waals surface area contributed by atoms with Crippen LogP contribution in [0.3, 0.4) is 0 Å². The Morgan fingerprint density at radius 2 is 2.22 bits per heavy atom. The van der Waals surface area contributed by atoms with Crippen molar-refractivity contribution in [3.05, 3.63) is 23.7 Å². The molecule has 1 N–H and O–H groups in total. The molecule has 2 rings (SSSR count). The van der Waals surface area contributed by atoms with Gasteiger partial charge in [-0.05, 0) is 31.4 Å². The minimum absolute atomic E-state index is 0.413. The van der Waals surface area contributed by atoms with Gasteiger partial charge < -0.3 is 14.5 Å². The van der Waals surface area contributed by atoms with E-state index in [9.17, 15) is 0 Å². The molecule has 1 aromatic heterocycles. The third-order valence-electron chi connectivity index (χ3n) is 3.86. The fourth-order valence-corrected chi connectivity index (χ4v) is 2.62. The van der Waals surface area contributed by atoms with E-state index in [-0.39, 0.29) is 0 Å². The first kappa shape index (κ1) is 13.6. The number of ether oxygens (including phenoxy) is 1. The molecule has 0 radical (unpaired) electrons. The maximum absolute atomic E-state index is 6.04. The molecule has 0 bridgehead atoms. The maximum Gasteiger partial charge on any atom is 0.133 e. The zero-order valence-electron chi connectivity index (χ0n) is 11.6. The Morgan fingerprint density at radius 1 is 1.39 bits per heavy atom. The molecule has 102 valence electrons. The molecule has 0 amide bonds. The molecule has 0 spiro atoms. The first-order valence-electron chi connectivity index (χ1n) is 7.18. The molecule has 0 aliphatic heterocycles. The number of hydrogen-bond acceptors (Lipinski definition) is 3. The summed E-state index contributed by atoms with van der Waals surface area (Å²) in [5.74, 6) is 1.67. The molecule has 2 atom stereocenters. The highest BCUT2D eigenvalue weighted by molar-refractivity contribution is 5.16.